The Balaban J connectivity index is 2.56. The van der Waals surface area contributed by atoms with Crippen LogP contribution in [-0.2, 0) is 4.79 Å². The highest BCUT2D eigenvalue weighted by Gasteiger charge is 2.31. The maximum Gasteiger partial charge on any atom is 0.224 e. The molecule has 1 rings (SSSR count). The molecule has 0 heterocycles. The molecular formula is C16H32N2O. The number of carbonyl (C=O) groups excluding carboxylic acids is 1. The van der Waals surface area contributed by atoms with Gasteiger partial charge in [-0.15, -0.1) is 0 Å². The Morgan fingerprint density at radius 3 is 2.47 bits per heavy atom. The molecule has 4 unspecified atom stereocenters. The van der Waals surface area contributed by atoms with Crippen LogP contribution in [0.25, 0.3) is 0 Å². The van der Waals surface area contributed by atoms with E-state index in [4.69, 9.17) is 5.73 Å². The highest BCUT2D eigenvalue weighted by molar-refractivity contribution is 5.79. The molecule has 3 N–H and O–H groups in total. The van der Waals surface area contributed by atoms with E-state index in [9.17, 15) is 4.79 Å². The van der Waals surface area contributed by atoms with Crippen LogP contribution in [-0.4, -0.2) is 18.5 Å². The van der Waals surface area contributed by atoms with Crippen LogP contribution >= 0.6 is 0 Å². The summed E-state index contributed by atoms with van der Waals surface area (Å²) >= 11 is 0. The summed E-state index contributed by atoms with van der Waals surface area (Å²) in [6.45, 7) is 11.5. The molecule has 1 amide bonds. The summed E-state index contributed by atoms with van der Waals surface area (Å²) in [5.41, 5.74) is 5.93. The highest BCUT2D eigenvalue weighted by atomic mass is 16.2. The fraction of sp³-hybridized carbons (Fsp3) is 0.938. The van der Waals surface area contributed by atoms with Crippen LogP contribution < -0.4 is 11.1 Å². The minimum Gasteiger partial charge on any atom is -0.353 e. The first-order valence-corrected chi connectivity index (χ1v) is 7.75. The first-order valence-electron chi connectivity index (χ1n) is 7.75. The smallest absolute Gasteiger partial charge is 0.224 e. The zero-order valence-electron chi connectivity index (χ0n) is 13.3. The molecule has 0 bridgehead atoms. The van der Waals surface area contributed by atoms with Gasteiger partial charge in [0.25, 0.3) is 0 Å². The van der Waals surface area contributed by atoms with Gasteiger partial charge in [-0.25, -0.2) is 0 Å². The van der Waals surface area contributed by atoms with E-state index in [0.29, 0.717) is 24.4 Å². The number of carbonyl (C=O) groups is 1. The average molecular weight is 268 g/mol. The maximum atomic E-state index is 12.4. The molecule has 0 aromatic carbocycles. The third-order valence-electron chi connectivity index (χ3n) is 4.55. The summed E-state index contributed by atoms with van der Waals surface area (Å²) in [5, 5.41) is 3.25. The molecule has 19 heavy (non-hydrogen) atoms. The molecular weight excluding hydrogens is 236 g/mol. The second-order valence-electron chi connectivity index (χ2n) is 7.58. The number of nitrogens with one attached hydrogen (secondary N) is 1. The first-order chi connectivity index (χ1) is 8.74. The Morgan fingerprint density at radius 1 is 1.32 bits per heavy atom. The Labute approximate surface area is 118 Å². The molecule has 0 aromatic rings. The number of hydrogen-bond acceptors (Lipinski definition) is 2. The summed E-state index contributed by atoms with van der Waals surface area (Å²) < 4.78 is 0. The molecule has 1 fully saturated rings. The molecule has 112 valence electrons. The van der Waals surface area contributed by atoms with Crippen molar-refractivity contribution in [2.24, 2.45) is 28.9 Å². The van der Waals surface area contributed by atoms with Crippen molar-refractivity contribution in [3.63, 3.8) is 0 Å². The zero-order chi connectivity index (χ0) is 14.6. The lowest BCUT2D eigenvalue weighted by Gasteiger charge is -2.36. The molecule has 1 saturated carbocycles. The molecule has 0 saturated heterocycles. The topological polar surface area (TPSA) is 55.1 Å². The molecule has 4 atom stereocenters. The number of hydrogen-bond donors (Lipinski definition) is 2. The Bertz CT molecular complexity index is 296. The van der Waals surface area contributed by atoms with Gasteiger partial charge in [0, 0.05) is 12.6 Å². The van der Waals surface area contributed by atoms with E-state index in [1.165, 1.54) is 12.8 Å². The molecule has 0 aliphatic heterocycles. The van der Waals surface area contributed by atoms with Crippen molar-refractivity contribution >= 4 is 5.91 Å². The van der Waals surface area contributed by atoms with Crippen LogP contribution in [0.1, 0.15) is 60.3 Å². The van der Waals surface area contributed by atoms with Gasteiger partial charge in [0.15, 0.2) is 0 Å². The average Bonchev–Trinajstić information content (AvgIpc) is 2.30. The lowest BCUT2D eigenvalue weighted by molar-refractivity contribution is -0.127. The molecule has 0 aromatic heterocycles. The standard InChI is InChI=1S/C16H32N2O/c1-11-7-6-8-14(12(11)2)18-15(19)13(10-17)9-16(3,4)5/h11-14H,6-10,17H2,1-5H3,(H,18,19). The fourth-order valence-electron chi connectivity index (χ4n) is 3.11. The van der Waals surface area contributed by atoms with Crippen molar-refractivity contribution in [1.29, 1.82) is 0 Å². The van der Waals surface area contributed by atoms with Gasteiger partial charge in [-0.2, -0.15) is 0 Å². The summed E-state index contributed by atoms with van der Waals surface area (Å²) in [6, 6.07) is 0.338. The quantitative estimate of drug-likeness (QED) is 0.823. The van der Waals surface area contributed by atoms with E-state index in [0.717, 1.165) is 12.8 Å². The van der Waals surface area contributed by atoms with Crippen LogP contribution in [0.15, 0.2) is 0 Å². The van der Waals surface area contributed by atoms with Crippen molar-refractivity contribution in [1.82, 2.24) is 5.32 Å². The largest absolute Gasteiger partial charge is 0.353 e. The molecule has 1 aliphatic rings. The summed E-state index contributed by atoms with van der Waals surface area (Å²) in [6.07, 6.45) is 4.48. The van der Waals surface area contributed by atoms with Crippen molar-refractivity contribution in [2.75, 3.05) is 6.54 Å². The van der Waals surface area contributed by atoms with E-state index >= 15 is 0 Å². The third-order valence-corrected chi connectivity index (χ3v) is 4.55. The SMILES string of the molecule is CC1CCCC(NC(=O)C(CN)CC(C)(C)C)C1C. The van der Waals surface area contributed by atoms with Crippen molar-refractivity contribution in [3.8, 4) is 0 Å². The van der Waals surface area contributed by atoms with Gasteiger partial charge in [-0.05, 0) is 30.1 Å². The number of nitrogens with two attached hydrogens (primary N) is 1. The van der Waals surface area contributed by atoms with Gasteiger partial charge < -0.3 is 11.1 Å². The normalized spacial score (nSPS) is 29.9. The van der Waals surface area contributed by atoms with Crippen molar-refractivity contribution < 1.29 is 4.79 Å². The lowest BCUT2D eigenvalue weighted by Crippen LogP contribution is -2.47. The van der Waals surface area contributed by atoms with Gasteiger partial charge in [-0.3, -0.25) is 4.79 Å². The lowest BCUT2D eigenvalue weighted by atomic mass is 9.77. The molecule has 0 radical (unpaired) electrons. The van der Waals surface area contributed by atoms with Crippen molar-refractivity contribution in [2.45, 2.75) is 66.3 Å². The van der Waals surface area contributed by atoms with E-state index in [-0.39, 0.29) is 17.2 Å². The zero-order valence-corrected chi connectivity index (χ0v) is 13.3. The van der Waals surface area contributed by atoms with E-state index in [2.05, 4.69) is 39.9 Å². The van der Waals surface area contributed by atoms with Crippen LogP contribution in [0.5, 0.6) is 0 Å². The predicted octanol–water partition coefficient (Wildman–Crippen LogP) is 2.94. The van der Waals surface area contributed by atoms with E-state index < -0.39 is 0 Å². The number of rotatable bonds is 4. The Hall–Kier alpha value is -0.570. The molecule has 3 heteroatoms. The van der Waals surface area contributed by atoms with Gasteiger partial charge in [0.1, 0.15) is 0 Å². The second-order valence-corrected chi connectivity index (χ2v) is 7.58. The summed E-state index contributed by atoms with van der Waals surface area (Å²) in [5.74, 6) is 1.39. The van der Waals surface area contributed by atoms with E-state index in [1.807, 2.05) is 0 Å². The van der Waals surface area contributed by atoms with Gasteiger partial charge in [0.2, 0.25) is 5.91 Å². The Kier molecular flexibility index (Phi) is 5.84. The maximum absolute atomic E-state index is 12.4. The minimum absolute atomic E-state index is 0.0515. The second kappa shape index (κ2) is 6.74. The van der Waals surface area contributed by atoms with Crippen molar-refractivity contribution in [3.05, 3.63) is 0 Å². The minimum atomic E-state index is -0.0515. The van der Waals surface area contributed by atoms with Gasteiger partial charge >= 0.3 is 0 Å². The first kappa shape index (κ1) is 16.5. The van der Waals surface area contributed by atoms with E-state index in [1.54, 1.807) is 0 Å². The summed E-state index contributed by atoms with van der Waals surface area (Å²) in [4.78, 5) is 12.4. The van der Waals surface area contributed by atoms with Crippen LogP contribution in [0.4, 0.5) is 0 Å². The number of amides is 1. The Morgan fingerprint density at radius 2 is 1.95 bits per heavy atom. The predicted molar refractivity (Wildman–Crippen MR) is 80.7 cm³/mol. The molecule has 3 nitrogen and oxygen atoms in total. The van der Waals surface area contributed by atoms with Crippen LogP contribution in [0, 0.1) is 23.2 Å². The monoisotopic (exact) mass is 268 g/mol. The van der Waals surface area contributed by atoms with Gasteiger partial charge in [0.05, 0.1) is 5.92 Å². The van der Waals surface area contributed by atoms with Crippen LogP contribution in [0.2, 0.25) is 0 Å². The highest BCUT2D eigenvalue weighted by Crippen LogP contribution is 2.30. The third kappa shape index (κ3) is 5.13. The summed E-state index contributed by atoms with van der Waals surface area (Å²) in [7, 11) is 0. The molecule has 0 spiro atoms. The van der Waals surface area contributed by atoms with Gasteiger partial charge in [-0.1, -0.05) is 47.5 Å². The fourth-order valence-corrected chi connectivity index (χ4v) is 3.11. The molecule has 1 aliphatic carbocycles. The van der Waals surface area contributed by atoms with Crippen LogP contribution in [0.3, 0.4) is 0 Å².